The van der Waals surface area contributed by atoms with Gasteiger partial charge in [0, 0.05) is 0 Å². The van der Waals surface area contributed by atoms with Gasteiger partial charge in [-0.05, 0) is 68.2 Å². The molecule has 0 bridgehead atoms. The highest BCUT2D eigenvalue weighted by Crippen LogP contribution is 2.36. The molecule has 1 aliphatic carbocycles. The molecule has 0 aliphatic heterocycles. The first-order valence-electron chi connectivity index (χ1n) is 8.64. The summed E-state index contributed by atoms with van der Waals surface area (Å²) in [4.78, 5) is 25.0. The molecule has 0 radical (unpaired) electrons. The van der Waals surface area contributed by atoms with Crippen LogP contribution in [0.1, 0.15) is 77.1 Å². The summed E-state index contributed by atoms with van der Waals surface area (Å²) in [5, 5.41) is 0. The summed E-state index contributed by atoms with van der Waals surface area (Å²) in [7, 11) is 0. The number of benzene rings is 1. The molecular weight excluding hydrogens is 292 g/mol. The minimum absolute atomic E-state index is 0.257. The number of esters is 2. The second-order valence-corrected chi connectivity index (χ2v) is 5.67. The summed E-state index contributed by atoms with van der Waals surface area (Å²) >= 11 is 0. The van der Waals surface area contributed by atoms with E-state index in [1.165, 1.54) is 0 Å². The van der Waals surface area contributed by atoms with Crippen LogP contribution in [0.4, 0.5) is 0 Å². The first-order chi connectivity index (χ1) is 11.1. The van der Waals surface area contributed by atoms with Crippen molar-refractivity contribution in [1.29, 1.82) is 0 Å². The first kappa shape index (κ1) is 17.5. The Hall–Kier alpha value is -1.84. The zero-order valence-corrected chi connectivity index (χ0v) is 14.6. The fourth-order valence-corrected chi connectivity index (χ4v) is 3.64. The number of fused-ring (bicyclic) bond motifs is 1. The van der Waals surface area contributed by atoms with Gasteiger partial charge in [0.2, 0.25) is 0 Å². The maximum Gasteiger partial charge on any atom is 0.338 e. The van der Waals surface area contributed by atoms with E-state index >= 15 is 0 Å². The summed E-state index contributed by atoms with van der Waals surface area (Å²) in [6.07, 6.45) is 4.03. The smallest absolute Gasteiger partial charge is 0.338 e. The molecular formula is C19H26O4. The van der Waals surface area contributed by atoms with E-state index in [-0.39, 0.29) is 11.9 Å². The minimum atomic E-state index is -0.257. The number of hydrogen-bond acceptors (Lipinski definition) is 4. The Morgan fingerprint density at radius 3 is 1.48 bits per heavy atom. The Bertz CT molecular complexity index is 564. The molecule has 0 N–H and O–H groups in total. The lowest BCUT2D eigenvalue weighted by Crippen LogP contribution is -2.19. The fraction of sp³-hybridized carbons (Fsp3) is 0.579. The summed E-state index contributed by atoms with van der Waals surface area (Å²) < 4.78 is 10.6. The number of carbonyl (C=O) groups excluding carboxylic acids is 2. The molecule has 0 atom stereocenters. The average molecular weight is 318 g/mol. The Labute approximate surface area is 138 Å². The second kappa shape index (κ2) is 7.62. The minimum Gasteiger partial charge on any atom is -0.462 e. The monoisotopic (exact) mass is 318 g/mol. The van der Waals surface area contributed by atoms with Crippen molar-refractivity contribution in [3.63, 3.8) is 0 Å². The van der Waals surface area contributed by atoms with Crippen LogP contribution in [0.25, 0.3) is 0 Å². The molecule has 0 fully saturated rings. The van der Waals surface area contributed by atoms with Crippen LogP contribution in [0.2, 0.25) is 0 Å². The van der Waals surface area contributed by atoms with E-state index < -0.39 is 0 Å². The van der Waals surface area contributed by atoms with Crippen molar-refractivity contribution in [2.24, 2.45) is 0 Å². The quantitative estimate of drug-likeness (QED) is 0.751. The normalized spacial score (nSPS) is 12.9. The van der Waals surface area contributed by atoms with Gasteiger partial charge < -0.3 is 9.47 Å². The fourth-order valence-electron chi connectivity index (χ4n) is 3.64. The third-order valence-corrected chi connectivity index (χ3v) is 4.46. The third-order valence-electron chi connectivity index (χ3n) is 4.46. The molecule has 0 heterocycles. The van der Waals surface area contributed by atoms with E-state index in [4.69, 9.17) is 9.47 Å². The van der Waals surface area contributed by atoms with Crippen LogP contribution >= 0.6 is 0 Å². The Balaban J connectivity index is 2.74. The van der Waals surface area contributed by atoms with Gasteiger partial charge in [-0.25, -0.2) is 9.59 Å². The van der Waals surface area contributed by atoms with Gasteiger partial charge in [-0.1, -0.05) is 13.8 Å². The van der Waals surface area contributed by atoms with E-state index in [1.54, 1.807) is 0 Å². The van der Waals surface area contributed by atoms with Crippen molar-refractivity contribution in [3.05, 3.63) is 33.4 Å². The second-order valence-electron chi connectivity index (χ2n) is 5.67. The lowest BCUT2D eigenvalue weighted by Gasteiger charge is -2.21. The molecule has 126 valence electrons. The van der Waals surface area contributed by atoms with Crippen LogP contribution in [0.3, 0.4) is 0 Å². The van der Waals surface area contributed by atoms with Gasteiger partial charge in [-0.3, -0.25) is 0 Å². The Morgan fingerprint density at radius 1 is 0.783 bits per heavy atom. The third kappa shape index (κ3) is 3.12. The molecule has 0 amide bonds. The molecule has 0 unspecified atom stereocenters. The molecule has 0 aromatic heterocycles. The van der Waals surface area contributed by atoms with E-state index in [1.807, 2.05) is 27.7 Å². The maximum absolute atomic E-state index is 12.5. The maximum atomic E-state index is 12.5. The van der Waals surface area contributed by atoms with Crippen LogP contribution in [0.5, 0.6) is 0 Å². The lowest BCUT2D eigenvalue weighted by atomic mass is 9.85. The van der Waals surface area contributed by atoms with Gasteiger partial charge in [0.05, 0.1) is 24.3 Å². The first-order valence-corrected chi connectivity index (χ1v) is 8.64. The van der Waals surface area contributed by atoms with Gasteiger partial charge in [0.25, 0.3) is 0 Å². The highest BCUT2D eigenvalue weighted by Gasteiger charge is 2.31. The molecule has 2 rings (SSSR count). The molecule has 1 aliphatic rings. The van der Waals surface area contributed by atoms with Crippen molar-refractivity contribution < 1.29 is 19.1 Å². The molecule has 0 saturated carbocycles. The van der Waals surface area contributed by atoms with Crippen LogP contribution < -0.4 is 0 Å². The van der Waals surface area contributed by atoms with Crippen LogP contribution in [-0.2, 0) is 35.2 Å². The van der Waals surface area contributed by atoms with E-state index in [0.29, 0.717) is 37.2 Å². The van der Waals surface area contributed by atoms with Gasteiger partial charge in [0.1, 0.15) is 0 Å². The van der Waals surface area contributed by atoms with Crippen molar-refractivity contribution in [2.45, 2.75) is 59.8 Å². The average Bonchev–Trinajstić information content (AvgIpc) is 3.01. The molecule has 1 aromatic rings. The van der Waals surface area contributed by atoms with Crippen molar-refractivity contribution >= 4 is 11.9 Å². The van der Waals surface area contributed by atoms with Crippen molar-refractivity contribution in [2.75, 3.05) is 13.2 Å². The van der Waals surface area contributed by atoms with Gasteiger partial charge in [-0.2, -0.15) is 0 Å². The topological polar surface area (TPSA) is 52.6 Å². The van der Waals surface area contributed by atoms with Crippen LogP contribution in [0.15, 0.2) is 0 Å². The van der Waals surface area contributed by atoms with Crippen molar-refractivity contribution in [1.82, 2.24) is 0 Å². The predicted octanol–water partition coefficient (Wildman–Crippen LogP) is 3.65. The number of carbonyl (C=O) groups is 2. The van der Waals surface area contributed by atoms with E-state index in [9.17, 15) is 9.59 Å². The summed E-state index contributed by atoms with van der Waals surface area (Å²) in [5.41, 5.74) is 5.31. The molecule has 23 heavy (non-hydrogen) atoms. The van der Waals surface area contributed by atoms with Gasteiger partial charge in [-0.15, -0.1) is 0 Å². The van der Waals surface area contributed by atoms with Gasteiger partial charge >= 0.3 is 11.9 Å². The number of hydrogen-bond donors (Lipinski definition) is 0. The zero-order valence-electron chi connectivity index (χ0n) is 14.6. The Kier molecular flexibility index (Phi) is 5.80. The lowest BCUT2D eigenvalue weighted by molar-refractivity contribution is 0.0507. The molecule has 4 heteroatoms. The molecule has 0 spiro atoms. The van der Waals surface area contributed by atoms with Gasteiger partial charge in [0.15, 0.2) is 0 Å². The number of rotatable bonds is 6. The van der Waals surface area contributed by atoms with Crippen molar-refractivity contribution in [3.8, 4) is 0 Å². The largest absolute Gasteiger partial charge is 0.462 e. The molecule has 4 nitrogen and oxygen atoms in total. The summed E-state index contributed by atoms with van der Waals surface area (Å²) in [5.74, 6) is -0.514. The highest BCUT2D eigenvalue weighted by molar-refractivity contribution is 6.00. The summed E-state index contributed by atoms with van der Waals surface area (Å²) in [6, 6.07) is 0. The number of ether oxygens (including phenoxy) is 2. The molecule has 1 aromatic carbocycles. The predicted molar refractivity (Wildman–Crippen MR) is 89.1 cm³/mol. The SMILES string of the molecule is CCOC(=O)c1c(CC)c(CC)c(C(=O)OCC)c2c1CCC2. The Morgan fingerprint density at radius 2 is 1.17 bits per heavy atom. The van der Waals surface area contributed by atoms with Crippen LogP contribution in [0, 0.1) is 0 Å². The standard InChI is InChI=1S/C19H26O4/c1-5-12-13(6-2)17(19(21)23-8-4)15-11-9-10-14(15)16(12)18(20)22-7-3/h5-11H2,1-4H3. The van der Waals surface area contributed by atoms with E-state index in [0.717, 1.165) is 41.5 Å². The highest BCUT2D eigenvalue weighted by atomic mass is 16.5. The molecule has 0 saturated heterocycles. The van der Waals surface area contributed by atoms with Crippen LogP contribution in [-0.4, -0.2) is 25.2 Å². The summed E-state index contributed by atoms with van der Waals surface area (Å²) in [6.45, 7) is 8.39. The zero-order chi connectivity index (χ0) is 17.0. The van der Waals surface area contributed by atoms with E-state index in [2.05, 4.69) is 0 Å².